The molecule has 0 bridgehead atoms. The number of morpholine rings is 1. The van der Waals surface area contributed by atoms with Gasteiger partial charge >= 0.3 is 0 Å². The van der Waals surface area contributed by atoms with Crippen LogP contribution >= 0.6 is 0 Å². The molecule has 0 saturated carbocycles. The predicted molar refractivity (Wildman–Crippen MR) is 133 cm³/mol. The Balaban J connectivity index is 1.83. The molecule has 34 heavy (non-hydrogen) atoms. The van der Waals surface area contributed by atoms with E-state index < -0.39 is 10.0 Å². The number of hydrogen-bond donors (Lipinski definition) is 1. The lowest BCUT2D eigenvalue weighted by molar-refractivity contribution is 0.0730. The smallest absolute Gasteiger partial charge is 0.255 e. The van der Waals surface area contributed by atoms with Gasteiger partial charge in [-0.3, -0.25) is 9.69 Å². The lowest BCUT2D eigenvalue weighted by atomic mass is 10.1. The summed E-state index contributed by atoms with van der Waals surface area (Å²) in [5.41, 5.74) is 1.93. The van der Waals surface area contributed by atoms with Crippen LogP contribution in [0, 0.1) is 0 Å². The van der Waals surface area contributed by atoms with E-state index in [9.17, 15) is 13.2 Å². The SMILES string of the molecule is CCN(CC)Cc1ccc(C(=O)Nc2cc(S(=O)(=O)N3CCOCC3)ccc2OC(C)C)cc1. The second kappa shape index (κ2) is 11.8. The second-order valence-corrected chi connectivity index (χ2v) is 10.4. The van der Waals surface area contributed by atoms with E-state index in [0.29, 0.717) is 43.3 Å². The van der Waals surface area contributed by atoms with Crippen LogP contribution in [-0.4, -0.2) is 69.0 Å². The molecule has 0 spiro atoms. The van der Waals surface area contributed by atoms with Gasteiger partial charge in [0.05, 0.1) is 29.9 Å². The van der Waals surface area contributed by atoms with E-state index in [1.807, 2.05) is 26.0 Å². The quantitative estimate of drug-likeness (QED) is 0.549. The van der Waals surface area contributed by atoms with E-state index in [4.69, 9.17) is 9.47 Å². The van der Waals surface area contributed by atoms with Crippen LogP contribution in [0.1, 0.15) is 43.6 Å². The van der Waals surface area contributed by atoms with Gasteiger partial charge in [0, 0.05) is 25.2 Å². The van der Waals surface area contributed by atoms with Crippen molar-refractivity contribution >= 4 is 21.6 Å². The van der Waals surface area contributed by atoms with Gasteiger partial charge in [-0.1, -0.05) is 26.0 Å². The van der Waals surface area contributed by atoms with Crippen LogP contribution in [0.25, 0.3) is 0 Å². The van der Waals surface area contributed by atoms with Crippen LogP contribution < -0.4 is 10.1 Å². The molecule has 3 rings (SSSR count). The van der Waals surface area contributed by atoms with Crippen molar-refractivity contribution in [3.8, 4) is 5.75 Å². The molecular weight excluding hydrogens is 454 g/mol. The fourth-order valence-electron chi connectivity index (χ4n) is 3.72. The molecule has 0 unspecified atom stereocenters. The van der Waals surface area contributed by atoms with Gasteiger partial charge in [0.2, 0.25) is 10.0 Å². The summed E-state index contributed by atoms with van der Waals surface area (Å²) in [6.45, 7) is 12.1. The summed E-state index contributed by atoms with van der Waals surface area (Å²) in [5.74, 6) is 0.0892. The zero-order valence-electron chi connectivity index (χ0n) is 20.4. The lowest BCUT2D eigenvalue weighted by Crippen LogP contribution is -2.40. The highest BCUT2D eigenvalue weighted by Crippen LogP contribution is 2.31. The Morgan fingerprint density at radius 2 is 1.74 bits per heavy atom. The monoisotopic (exact) mass is 489 g/mol. The standard InChI is InChI=1S/C25H35N3O5S/c1-5-27(6-2)18-20-7-9-21(10-8-20)25(29)26-23-17-22(11-12-24(23)33-19(3)4)34(30,31)28-13-15-32-16-14-28/h7-12,17,19H,5-6,13-16,18H2,1-4H3,(H,26,29). The summed E-state index contributed by atoms with van der Waals surface area (Å²) in [6, 6.07) is 12.0. The molecule has 1 fully saturated rings. The van der Waals surface area contributed by atoms with Gasteiger partial charge in [-0.05, 0) is 62.8 Å². The van der Waals surface area contributed by atoms with Crippen molar-refractivity contribution < 1.29 is 22.7 Å². The molecule has 9 heteroatoms. The lowest BCUT2D eigenvalue weighted by Gasteiger charge is -2.26. The van der Waals surface area contributed by atoms with Crippen LogP contribution in [0.3, 0.4) is 0 Å². The number of rotatable bonds is 10. The highest BCUT2D eigenvalue weighted by Gasteiger charge is 2.27. The van der Waals surface area contributed by atoms with Crippen LogP contribution in [-0.2, 0) is 21.3 Å². The molecule has 0 radical (unpaired) electrons. The number of nitrogens with one attached hydrogen (secondary N) is 1. The topological polar surface area (TPSA) is 88.2 Å². The maximum absolute atomic E-state index is 13.1. The predicted octanol–water partition coefficient (Wildman–Crippen LogP) is 3.59. The van der Waals surface area contributed by atoms with Crippen molar-refractivity contribution in [3.05, 3.63) is 53.6 Å². The normalized spacial score (nSPS) is 15.0. The average Bonchev–Trinajstić information content (AvgIpc) is 2.84. The fourth-order valence-corrected chi connectivity index (χ4v) is 5.16. The number of nitrogens with zero attached hydrogens (tertiary/aromatic N) is 2. The van der Waals surface area contributed by atoms with Crippen molar-refractivity contribution in [2.45, 2.75) is 45.2 Å². The first-order valence-corrected chi connectivity index (χ1v) is 13.2. The minimum absolute atomic E-state index is 0.107. The molecule has 0 aliphatic carbocycles. The van der Waals surface area contributed by atoms with Crippen LogP contribution in [0.15, 0.2) is 47.4 Å². The van der Waals surface area contributed by atoms with Crippen molar-refractivity contribution in [2.24, 2.45) is 0 Å². The Morgan fingerprint density at radius 3 is 2.32 bits per heavy atom. The van der Waals surface area contributed by atoms with E-state index in [2.05, 4.69) is 24.1 Å². The highest BCUT2D eigenvalue weighted by atomic mass is 32.2. The summed E-state index contributed by atoms with van der Waals surface area (Å²) in [4.78, 5) is 15.4. The molecule has 1 aliphatic heterocycles. The summed E-state index contributed by atoms with van der Waals surface area (Å²) < 4.78 is 38.7. The Bertz CT molecular complexity index is 1060. The number of benzene rings is 2. The van der Waals surface area contributed by atoms with Crippen molar-refractivity contribution in [1.29, 1.82) is 0 Å². The number of ether oxygens (including phenoxy) is 2. The summed E-state index contributed by atoms with van der Waals surface area (Å²) >= 11 is 0. The number of carbonyl (C=O) groups is 1. The van der Waals surface area contributed by atoms with E-state index in [1.165, 1.54) is 16.4 Å². The third kappa shape index (κ3) is 6.56. The van der Waals surface area contributed by atoms with Gasteiger partial charge in [0.15, 0.2) is 0 Å². The van der Waals surface area contributed by atoms with Crippen LogP contribution in [0.2, 0.25) is 0 Å². The summed E-state index contributed by atoms with van der Waals surface area (Å²) in [7, 11) is -3.71. The summed E-state index contributed by atoms with van der Waals surface area (Å²) in [6.07, 6.45) is -0.142. The van der Waals surface area contributed by atoms with Crippen molar-refractivity contribution in [3.63, 3.8) is 0 Å². The molecule has 2 aromatic carbocycles. The third-order valence-corrected chi connectivity index (χ3v) is 7.58. The van der Waals surface area contributed by atoms with E-state index in [1.54, 1.807) is 18.2 Å². The van der Waals surface area contributed by atoms with E-state index in [0.717, 1.165) is 25.2 Å². The van der Waals surface area contributed by atoms with Gasteiger partial charge in [-0.2, -0.15) is 4.31 Å². The molecular formula is C25H35N3O5S. The largest absolute Gasteiger partial charge is 0.489 e. The first-order valence-electron chi connectivity index (χ1n) is 11.8. The summed E-state index contributed by atoms with van der Waals surface area (Å²) in [5, 5.41) is 2.85. The Morgan fingerprint density at radius 1 is 1.09 bits per heavy atom. The first kappa shape index (κ1) is 26.2. The number of sulfonamides is 1. The molecule has 186 valence electrons. The maximum atomic E-state index is 13.1. The Hall–Kier alpha value is -2.46. The highest BCUT2D eigenvalue weighted by molar-refractivity contribution is 7.89. The minimum atomic E-state index is -3.71. The van der Waals surface area contributed by atoms with Gasteiger partial charge in [-0.15, -0.1) is 0 Å². The van der Waals surface area contributed by atoms with E-state index >= 15 is 0 Å². The van der Waals surface area contributed by atoms with Crippen LogP contribution in [0.4, 0.5) is 5.69 Å². The van der Waals surface area contributed by atoms with Crippen LogP contribution in [0.5, 0.6) is 5.75 Å². The fraction of sp³-hybridized carbons (Fsp3) is 0.480. The molecule has 0 atom stereocenters. The molecule has 1 saturated heterocycles. The van der Waals surface area contributed by atoms with Crippen molar-refractivity contribution in [1.82, 2.24) is 9.21 Å². The van der Waals surface area contributed by atoms with Gasteiger partial charge in [0.1, 0.15) is 5.75 Å². The number of anilines is 1. The number of amides is 1. The molecule has 8 nitrogen and oxygen atoms in total. The zero-order valence-corrected chi connectivity index (χ0v) is 21.2. The third-order valence-electron chi connectivity index (χ3n) is 5.69. The first-order chi connectivity index (χ1) is 16.2. The number of hydrogen-bond acceptors (Lipinski definition) is 6. The van der Waals surface area contributed by atoms with Gasteiger partial charge in [-0.25, -0.2) is 8.42 Å². The molecule has 0 aromatic heterocycles. The number of carbonyl (C=O) groups excluding carboxylic acids is 1. The van der Waals surface area contributed by atoms with Gasteiger partial charge in [0.25, 0.3) is 5.91 Å². The maximum Gasteiger partial charge on any atom is 0.255 e. The molecule has 1 aliphatic rings. The molecule has 1 N–H and O–H groups in total. The minimum Gasteiger partial charge on any atom is -0.489 e. The molecule has 1 heterocycles. The molecule has 1 amide bonds. The Kier molecular flexibility index (Phi) is 9.07. The zero-order chi connectivity index (χ0) is 24.7. The van der Waals surface area contributed by atoms with Gasteiger partial charge < -0.3 is 14.8 Å². The Labute approximate surface area is 202 Å². The van der Waals surface area contributed by atoms with Crippen molar-refractivity contribution in [2.75, 3.05) is 44.7 Å². The average molecular weight is 490 g/mol. The van der Waals surface area contributed by atoms with E-state index in [-0.39, 0.29) is 16.9 Å². The second-order valence-electron chi connectivity index (χ2n) is 8.45. The molecule has 2 aromatic rings.